The van der Waals surface area contributed by atoms with E-state index < -0.39 is 16.1 Å². The minimum absolute atomic E-state index is 0.00519. The van der Waals surface area contributed by atoms with Crippen LogP contribution >= 0.6 is 0 Å². The van der Waals surface area contributed by atoms with E-state index in [0.717, 1.165) is 0 Å². The van der Waals surface area contributed by atoms with Crippen molar-refractivity contribution in [3.8, 4) is 11.5 Å². The van der Waals surface area contributed by atoms with E-state index >= 15 is 0 Å². The molecule has 1 aliphatic rings. The number of hydrogen-bond acceptors (Lipinski definition) is 5. The second kappa shape index (κ2) is 6.04. The maximum atomic E-state index is 12.6. The van der Waals surface area contributed by atoms with Gasteiger partial charge in [-0.2, -0.15) is 0 Å². The Morgan fingerprint density at radius 2 is 1.96 bits per heavy atom. The number of methoxy groups -OCH3 is 1. The molecule has 0 saturated carbocycles. The third-order valence-corrected chi connectivity index (χ3v) is 4.91. The van der Waals surface area contributed by atoms with Gasteiger partial charge in [0.05, 0.1) is 23.4 Å². The van der Waals surface area contributed by atoms with Crippen molar-refractivity contribution in [2.24, 2.45) is 0 Å². The van der Waals surface area contributed by atoms with Crippen molar-refractivity contribution < 1.29 is 22.7 Å². The Kier molecular flexibility index (Phi) is 4.06. The lowest BCUT2D eigenvalue weighted by Crippen LogP contribution is -2.34. The fourth-order valence-corrected chi connectivity index (χ4v) is 3.38. The summed E-state index contributed by atoms with van der Waals surface area (Å²) in [5.74, 6) is 0.512. The molecule has 0 saturated heterocycles. The molecule has 0 aromatic heterocycles. The van der Waals surface area contributed by atoms with Gasteiger partial charge in [0, 0.05) is 0 Å². The van der Waals surface area contributed by atoms with Crippen LogP contribution in [-0.2, 0) is 14.8 Å². The van der Waals surface area contributed by atoms with Crippen molar-refractivity contribution in [1.29, 1.82) is 0 Å². The number of para-hydroxylation sites is 2. The number of sulfonamides is 1. The van der Waals surface area contributed by atoms with E-state index in [1.165, 1.54) is 25.3 Å². The average Bonchev–Trinajstić information content (AvgIpc) is 2.55. The van der Waals surface area contributed by atoms with Crippen LogP contribution in [0.1, 0.15) is 6.92 Å². The van der Waals surface area contributed by atoms with Crippen molar-refractivity contribution >= 4 is 27.3 Å². The number of carbonyl (C=O) groups is 1. The zero-order chi connectivity index (χ0) is 17.3. The molecule has 0 fully saturated rings. The summed E-state index contributed by atoms with van der Waals surface area (Å²) in [4.78, 5) is 11.7. The predicted molar refractivity (Wildman–Crippen MR) is 89.0 cm³/mol. The van der Waals surface area contributed by atoms with E-state index in [9.17, 15) is 13.2 Å². The minimum Gasteiger partial charge on any atom is -0.495 e. The van der Waals surface area contributed by atoms with Gasteiger partial charge < -0.3 is 14.8 Å². The molecule has 0 bridgehead atoms. The van der Waals surface area contributed by atoms with Crippen LogP contribution in [0.4, 0.5) is 11.4 Å². The van der Waals surface area contributed by atoms with Gasteiger partial charge >= 0.3 is 0 Å². The molecular formula is C16H16N2O5S. The quantitative estimate of drug-likeness (QED) is 0.883. The van der Waals surface area contributed by atoms with Gasteiger partial charge in [0.25, 0.3) is 15.9 Å². The zero-order valence-electron chi connectivity index (χ0n) is 13.1. The molecule has 0 unspecified atom stereocenters. The highest BCUT2D eigenvalue weighted by Crippen LogP contribution is 2.33. The van der Waals surface area contributed by atoms with Gasteiger partial charge in [-0.3, -0.25) is 9.52 Å². The number of benzene rings is 2. The number of amides is 1. The molecule has 1 aliphatic heterocycles. The highest BCUT2D eigenvalue weighted by atomic mass is 32.2. The first-order valence-electron chi connectivity index (χ1n) is 7.18. The lowest BCUT2D eigenvalue weighted by Gasteiger charge is -2.23. The van der Waals surface area contributed by atoms with E-state index in [1.54, 1.807) is 31.2 Å². The van der Waals surface area contributed by atoms with Crippen LogP contribution < -0.4 is 19.5 Å². The van der Waals surface area contributed by atoms with E-state index in [0.29, 0.717) is 22.9 Å². The molecule has 2 N–H and O–H groups in total. The topological polar surface area (TPSA) is 93.7 Å². The third kappa shape index (κ3) is 3.00. The summed E-state index contributed by atoms with van der Waals surface area (Å²) in [6, 6.07) is 11.0. The molecule has 0 aliphatic carbocycles. The van der Waals surface area contributed by atoms with Crippen molar-refractivity contribution in [3.63, 3.8) is 0 Å². The summed E-state index contributed by atoms with van der Waals surface area (Å²) in [6.45, 7) is 1.62. The average molecular weight is 348 g/mol. The van der Waals surface area contributed by atoms with Crippen LogP contribution in [0.25, 0.3) is 0 Å². The van der Waals surface area contributed by atoms with Crippen LogP contribution in [0, 0.1) is 0 Å². The molecule has 1 heterocycles. The van der Waals surface area contributed by atoms with E-state index in [2.05, 4.69) is 10.0 Å². The number of carbonyl (C=O) groups excluding carboxylic acids is 1. The summed E-state index contributed by atoms with van der Waals surface area (Å²) in [6.07, 6.45) is -0.619. The first-order valence-corrected chi connectivity index (χ1v) is 8.66. The maximum Gasteiger partial charge on any atom is 0.265 e. The summed E-state index contributed by atoms with van der Waals surface area (Å²) in [5.41, 5.74) is 0.646. The van der Waals surface area contributed by atoms with Gasteiger partial charge in [0.1, 0.15) is 11.5 Å². The molecule has 3 rings (SSSR count). The minimum atomic E-state index is -3.85. The van der Waals surface area contributed by atoms with E-state index in [1.807, 2.05) is 0 Å². The van der Waals surface area contributed by atoms with E-state index in [4.69, 9.17) is 9.47 Å². The van der Waals surface area contributed by atoms with E-state index in [-0.39, 0.29) is 10.8 Å². The standard InChI is InChI=1S/C16H16N2O5S/c1-10-16(19)17-13-9-11(7-8-15(13)23-10)24(20,21)18-12-5-3-4-6-14(12)22-2/h3-10,18H,1-2H3,(H,17,19)/t10-/m1/s1. The molecule has 0 spiro atoms. The number of anilines is 2. The maximum absolute atomic E-state index is 12.6. The molecule has 2 aromatic rings. The first-order chi connectivity index (χ1) is 11.4. The summed E-state index contributed by atoms with van der Waals surface area (Å²) in [5, 5.41) is 2.63. The highest BCUT2D eigenvalue weighted by Gasteiger charge is 2.26. The number of rotatable bonds is 4. The van der Waals surface area contributed by atoms with Crippen LogP contribution in [0.3, 0.4) is 0 Å². The van der Waals surface area contributed by atoms with Gasteiger partial charge in [-0.25, -0.2) is 8.42 Å². The number of hydrogen-bond donors (Lipinski definition) is 2. The Bertz CT molecular complexity index is 895. The van der Waals surface area contributed by atoms with Crippen LogP contribution in [0.2, 0.25) is 0 Å². The van der Waals surface area contributed by atoms with Gasteiger partial charge in [0.15, 0.2) is 6.10 Å². The molecular weight excluding hydrogens is 332 g/mol. The Balaban J connectivity index is 1.93. The van der Waals surface area contributed by atoms with Crippen molar-refractivity contribution in [2.75, 3.05) is 17.1 Å². The van der Waals surface area contributed by atoms with Crippen LogP contribution in [0.5, 0.6) is 11.5 Å². The normalized spacial score (nSPS) is 16.6. The van der Waals surface area contributed by atoms with Crippen molar-refractivity contribution in [3.05, 3.63) is 42.5 Å². The Labute approximate surface area is 139 Å². The number of nitrogens with one attached hydrogen (secondary N) is 2. The lowest BCUT2D eigenvalue weighted by atomic mass is 10.2. The van der Waals surface area contributed by atoms with Crippen LogP contribution in [-0.4, -0.2) is 27.5 Å². The monoisotopic (exact) mass is 348 g/mol. The van der Waals surface area contributed by atoms with Gasteiger partial charge in [-0.1, -0.05) is 12.1 Å². The Hall–Kier alpha value is -2.74. The Morgan fingerprint density at radius 3 is 2.71 bits per heavy atom. The van der Waals surface area contributed by atoms with Gasteiger partial charge in [0.2, 0.25) is 0 Å². The molecule has 8 heteroatoms. The second-order valence-electron chi connectivity index (χ2n) is 5.21. The smallest absolute Gasteiger partial charge is 0.265 e. The van der Waals surface area contributed by atoms with Crippen molar-refractivity contribution in [1.82, 2.24) is 0 Å². The Morgan fingerprint density at radius 1 is 1.21 bits per heavy atom. The number of ether oxygens (including phenoxy) is 2. The fraction of sp³-hybridized carbons (Fsp3) is 0.188. The lowest BCUT2D eigenvalue weighted by molar-refractivity contribution is -0.122. The summed E-state index contributed by atoms with van der Waals surface area (Å²) in [7, 11) is -2.39. The van der Waals surface area contributed by atoms with Crippen molar-refractivity contribution in [2.45, 2.75) is 17.9 Å². The zero-order valence-corrected chi connectivity index (χ0v) is 13.9. The molecule has 1 amide bonds. The third-order valence-electron chi connectivity index (χ3n) is 3.54. The SMILES string of the molecule is COc1ccccc1NS(=O)(=O)c1ccc2c(c1)NC(=O)[C@@H](C)O2. The molecule has 7 nitrogen and oxygen atoms in total. The largest absolute Gasteiger partial charge is 0.495 e. The van der Waals surface area contributed by atoms with Crippen LogP contribution in [0.15, 0.2) is 47.4 Å². The second-order valence-corrected chi connectivity index (χ2v) is 6.90. The number of fused-ring (bicyclic) bond motifs is 1. The molecule has 2 aromatic carbocycles. The van der Waals surface area contributed by atoms with Gasteiger partial charge in [-0.15, -0.1) is 0 Å². The predicted octanol–water partition coefficient (Wildman–Crippen LogP) is 2.22. The summed E-state index contributed by atoms with van der Waals surface area (Å²) < 4.78 is 38.2. The fourth-order valence-electron chi connectivity index (χ4n) is 2.29. The first kappa shape index (κ1) is 16.1. The molecule has 1 atom stereocenters. The molecule has 126 valence electrons. The highest BCUT2D eigenvalue weighted by molar-refractivity contribution is 7.92. The molecule has 24 heavy (non-hydrogen) atoms. The summed E-state index contributed by atoms with van der Waals surface area (Å²) >= 11 is 0. The van der Waals surface area contributed by atoms with Gasteiger partial charge in [-0.05, 0) is 37.3 Å². The molecule has 0 radical (unpaired) electrons.